The molecule has 7 nitrogen and oxygen atoms in total. The Morgan fingerprint density at radius 3 is 2.42 bits per heavy atom. The Balaban J connectivity index is 0.00000288. The number of carbonyl (C=O) groups is 1. The molecule has 1 aromatic heterocycles. The van der Waals surface area contributed by atoms with Crippen molar-refractivity contribution >= 4 is 24.3 Å². The zero-order chi connectivity index (χ0) is 17.2. The van der Waals surface area contributed by atoms with Gasteiger partial charge in [-0.05, 0) is 31.2 Å². The summed E-state index contributed by atoms with van der Waals surface area (Å²) in [6, 6.07) is 5.01. The summed E-state index contributed by atoms with van der Waals surface area (Å²) >= 11 is 0. The number of guanidine groups is 1. The van der Waals surface area contributed by atoms with Gasteiger partial charge in [-0.15, -0.1) is 25.6 Å². The monoisotopic (exact) mass is 363 g/mol. The fourth-order valence-corrected chi connectivity index (χ4v) is 1.87. The summed E-state index contributed by atoms with van der Waals surface area (Å²) in [5.74, 6) is -1.46. The second kappa shape index (κ2) is 7.21. The van der Waals surface area contributed by atoms with Crippen molar-refractivity contribution in [2.45, 2.75) is 13.3 Å². The van der Waals surface area contributed by atoms with Crippen molar-refractivity contribution in [2.24, 2.45) is 5.73 Å². The molecule has 0 bridgehead atoms. The molecule has 2 rings (SSSR count). The first kappa shape index (κ1) is 19.3. The zero-order valence-corrected chi connectivity index (χ0v) is 13.0. The number of rotatable bonds is 3. The summed E-state index contributed by atoms with van der Waals surface area (Å²) < 4.78 is 41.5. The molecule has 0 atom stereocenters. The van der Waals surface area contributed by atoms with Crippen LogP contribution in [0.1, 0.15) is 16.1 Å². The van der Waals surface area contributed by atoms with E-state index in [0.717, 1.165) is 12.1 Å². The van der Waals surface area contributed by atoms with Crippen LogP contribution in [0.3, 0.4) is 0 Å². The normalized spacial score (nSPS) is 10.7. The number of ether oxygens (including phenoxy) is 1. The zero-order valence-electron chi connectivity index (χ0n) is 12.2. The Morgan fingerprint density at radius 1 is 1.33 bits per heavy atom. The summed E-state index contributed by atoms with van der Waals surface area (Å²) in [5.41, 5.74) is 6.16. The molecule has 0 saturated carbocycles. The first-order valence-corrected chi connectivity index (χ1v) is 6.23. The molecule has 11 heteroatoms. The fraction of sp³-hybridized carbons (Fsp3) is 0.154. The Hall–Kier alpha value is -2.75. The van der Waals surface area contributed by atoms with Gasteiger partial charge in [0.25, 0.3) is 5.91 Å². The molecule has 24 heavy (non-hydrogen) atoms. The van der Waals surface area contributed by atoms with Crippen LogP contribution in [-0.2, 0) is 0 Å². The Morgan fingerprint density at radius 2 is 1.92 bits per heavy atom. The van der Waals surface area contributed by atoms with E-state index < -0.39 is 18.2 Å². The van der Waals surface area contributed by atoms with Crippen LogP contribution < -0.4 is 15.8 Å². The number of carbonyl (C=O) groups excluding carboxylic acids is 1. The summed E-state index contributed by atoms with van der Waals surface area (Å²) in [7, 11) is 0. The molecule has 2 aromatic rings. The van der Waals surface area contributed by atoms with Crippen molar-refractivity contribution < 1.29 is 22.7 Å². The highest BCUT2D eigenvalue weighted by Gasteiger charge is 2.31. The van der Waals surface area contributed by atoms with Gasteiger partial charge in [0.1, 0.15) is 5.75 Å². The van der Waals surface area contributed by atoms with Crippen LogP contribution >= 0.6 is 12.4 Å². The molecule has 0 spiro atoms. The molecule has 130 valence electrons. The predicted octanol–water partition coefficient (Wildman–Crippen LogP) is 2.12. The van der Waals surface area contributed by atoms with Crippen LogP contribution in [-0.4, -0.2) is 28.0 Å². The van der Waals surface area contributed by atoms with Crippen LogP contribution in [0.4, 0.5) is 13.2 Å². The molecular weight excluding hydrogens is 351 g/mol. The molecule has 4 N–H and O–H groups in total. The molecule has 0 aliphatic heterocycles. The van der Waals surface area contributed by atoms with Crippen molar-refractivity contribution in [3.8, 4) is 11.4 Å². The van der Waals surface area contributed by atoms with Gasteiger partial charge in [0, 0.05) is 0 Å². The number of aromatic nitrogens is 2. The maximum absolute atomic E-state index is 12.1. The van der Waals surface area contributed by atoms with Gasteiger partial charge in [0.2, 0.25) is 0 Å². The average molecular weight is 364 g/mol. The van der Waals surface area contributed by atoms with E-state index in [1.807, 2.05) is 0 Å². The van der Waals surface area contributed by atoms with E-state index >= 15 is 0 Å². The van der Waals surface area contributed by atoms with Crippen molar-refractivity contribution in [3.63, 3.8) is 0 Å². The number of nitrogens with zero attached hydrogens (tertiary/aromatic N) is 2. The second-order valence-corrected chi connectivity index (χ2v) is 4.46. The Labute approximate surface area is 140 Å². The third kappa shape index (κ3) is 4.62. The largest absolute Gasteiger partial charge is 0.573 e. The average Bonchev–Trinajstić information content (AvgIpc) is 2.79. The number of hydrogen-bond donors (Lipinski definition) is 3. The summed E-state index contributed by atoms with van der Waals surface area (Å²) in [6.45, 7) is 1.60. The lowest BCUT2D eigenvalue weighted by Gasteiger charge is -2.10. The van der Waals surface area contributed by atoms with Gasteiger partial charge >= 0.3 is 6.36 Å². The van der Waals surface area contributed by atoms with Crippen molar-refractivity contribution in [2.75, 3.05) is 0 Å². The topological polar surface area (TPSA) is 106 Å². The van der Waals surface area contributed by atoms with Crippen molar-refractivity contribution in [1.29, 1.82) is 5.41 Å². The summed E-state index contributed by atoms with van der Waals surface area (Å²) in [4.78, 5) is 11.8. The van der Waals surface area contributed by atoms with Gasteiger partial charge in [0.15, 0.2) is 5.96 Å². The number of benzene rings is 1. The van der Waals surface area contributed by atoms with Crippen LogP contribution in [0, 0.1) is 12.3 Å². The van der Waals surface area contributed by atoms with Gasteiger partial charge in [-0.1, -0.05) is 0 Å². The molecule has 0 fully saturated rings. The van der Waals surface area contributed by atoms with Gasteiger partial charge in [0.05, 0.1) is 23.1 Å². The number of nitrogens with two attached hydrogens (primary N) is 1. The third-order valence-corrected chi connectivity index (χ3v) is 2.82. The van der Waals surface area contributed by atoms with Crippen LogP contribution in [0.25, 0.3) is 5.69 Å². The molecule has 0 radical (unpaired) electrons. The minimum absolute atomic E-state index is 0. The highest BCUT2D eigenvalue weighted by atomic mass is 35.5. The van der Waals surface area contributed by atoms with Gasteiger partial charge in [-0.2, -0.15) is 5.10 Å². The lowest BCUT2D eigenvalue weighted by molar-refractivity contribution is -0.274. The van der Waals surface area contributed by atoms with Gasteiger partial charge in [-0.25, -0.2) is 4.68 Å². The first-order chi connectivity index (χ1) is 10.7. The first-order valence-electron chi connectivity index (χ1n) is 6.23. The molecule has 0 saturated heterocycles. The van der Waals surface area contributed by atoms with E-state index in [2.05, 4.69) is 15.2 Å². The lowest BCUT2D eigenvalue weighted by Crippen LogP contribution is -2.35. The fourth-order valence-electron chi connectivity index (χ4n) is 1.87. The van der Waals surface area contributed by atoms with Gasteiger partial charge < -0.3 is 10.5 Å². The Bertz CT molecular complexity index is 743. The van der Waals surface area contributed by atoms with E-state index in [4.69, 9.17) is 11.1 Å². The SMILES string of the molecule is Cc1c(C(=O)NC(=N)N)cnn1-c1ccc(OC(F)(F)F)cc1.Cl. The molecule has 0 unspecified atom stereocenters. The molecular formula is C13H13ClF3N5O2. The van der Waals surface area contributed by atoms with Crippen molar-refractivity contribution in [3.05, 3.63) is 41.7 Å². The van der Waals surface area contributed by atoms with Crippen LogP contribution in [0.5, 0.6) is 5.75 Å². The second-order valence-electron chi connectivity index (χ2n) is 4.46. The maximum atomic E-state index is 12.1. The van der Waals surface area contributed by atoms with E-state index in [1.54, 1.807) is 6.92 Å². The number of nitrogens with one attached hydrogen (secondary N) is 2. The summed E-state index contributed by atoms with van der Waals surface area (Å²) in [5, 5.41) is 13.1. The molecule has 1 aromatic carbocycles. The van der Waals surface area contributed by atoms with Gasteiger partial charge in [-0.3, -0.25) is 15.5 Å². The molecule has 0 aliphatic rings. The quantitative estimate of drug-likeness (QED) is 0.573. The highest BCUT2D eigenvalue weighted by Crippen LogP contribution is 2.24. The third-order valence-electron chi connectivity index (χ3n) is 2.82. The van der Waals surface area contributed by atoms with Crippen LogP contribution in [0.15, 0.2) is 30.5 Å². The number of amides is 1. The molecule has 1 heterocycles. The van der Waals surface area contributed by atoms with E-state index in [1.165, 1.54) is 23.0 Å². The van der Waals surface area contributed by atoms with Crippen molar-refractivity contribution in [1.82, 2.24) is 15.1 Å². The smallest absolute Gasteiger partial charge is 0.406 e. The standard InChI is InChI=1S/C13H12F3N5O2.ClH/c1-7-10(11(22)20-12(17)18)6-19-21(7)8-2-4-9(5-3-8)23-13(14,15)16;/h2-6H,1H3,(H4,17,18,20,22);1H. The minimum Gasteiger partial charge on any atom is -0.406 e. The molecule has 1 amide bonds. The molecule has 0 aliphatic carbocycles. The van der Waals surface area contributed by atoms with E-state index in [0.29, 0.717) is 11.4 Å². The van der Waals surface area contributed by atoms with E-state index in [-0.39, 0.29) is 23.7 Å². The predicted molar refractivity (Wildman–Crippen MR) is 81.6 cm³/mol. The maximum Gasteiger partial charge on any atom is 0.573 e. The number of alkyl halides is 3. The lowest BCUT2D eigenvalue weighted by atomic mass is 10.2. The van der Waals surface area contributed by atoms with E-state index in [9.17, 15) is 18.0 Å². The Kier molecular flexibility index (Phi) is 5.80. The number of halogens is 4. The highest BCUT2D eigenvalue weighted by molar-refractivity contribution is 6.04. The van der Waals surface area contributed by atoms with Crippen LogP contribution in [0.2, 0.25) is 0 Å². The number of hydrogen-bond acceptors (Lipinski definition) is 4. The summed E-state index contributed by atoms with van der Waals surface area (Å²) in [6.07, 6.45) is -3.49. The minimum atomic E-state index is -4.76.